The van der Waals surface area contributed by atoms with Crippen LogP contribution >= 0.6 is 24.4 Å². The van der Waals surface area contributed by atoms with Crippen LogP contribution in [0.25, 0.3) is 0 Å². The summed E-state index contributed by atoms with van der Waals surface area (Å²) in [5.74, 6) is -2.51. The average molecular weight is 529 g/mol. The van der Waals surface area contributed by atoms with Crippen molar-refractivity contribution in [3.05, 3.63) is 29.8 Å². The number of aromatic hydroxyl groups is 1. The summed E-state index contributed by atoms with van der Waals surface area (Å²) < 4.78 is 0. The fraction of sp³-hybridized carbons (Fsp3) is 0.565. The fourth-order valence-corrected chi connectivity index (χ4v) is 3.82. The Bertz CT molecular complexity index is 855. The van der Waals surface area contributed by atoms with Gasteiger partial charge in [-0.2, -0.15) is 24.4 Å². The quantitative estimate of drug-likeness (QED) is 0.162. The molecule has 0 aromatic heterocycles. The van der Waals surface area contributed by atoms with E-state index in [1.165, 1.54) is 23.9 Å². The van der Waals surface area contributed by atoms with Crippen LogP contribution < -0.4 is 21.7 Å². The number of rotatable bonds is 15. The van der Waals surface area contributed by atoms with Gasteiger partial charge in [-0.25, -0.2) is 4.79 Å². The van der Waals surface area contributed by atoms with Gasteiger partial charge in [-0.05, 0) is 42.0 Å². The molecule has 0 saturated heterocycles. The minimum absolute atomic E-state index is 0.00658. The molecular formula is C23H36N4O6S2. The molecule has 0 spiro atoms. The van der Waals surface area contributed by atoms with E-state index in [2.05, 4.69) is 28.6 Å². The third-order valence-electron chi connectivity index (χ3n) is 5.61. The lowest BCUT2D eigenvalue weighted by atomic mass is 9.99. The van der Waals surface area contributed by atoms with Crippen LogP contribution in [0.4, 0.5) is 0 Å². The Morgan fingerprint density at radius 1 is 1.00 bits per heavy atom. The zero-order valence-corrected chi connectivity index (χ0v) is 21.9. The lowest BCUT2D eigenvalue weighted by Gasteiger charge is -2.25. The highest BCUT2D eigenvalue weighted by Crippen LogP contribution is 2.12. The number of thioether (sulfide) groups is 1. The summed E-state index contributed by atoms with van der Waals surface area (Å²) in [7, 11) is 0. The number of hydrogen-bond acceptors (Lipinski definition) is 8. The van der Waals surface area contributed by atoms with E-state index in [4.69, 9.17) is 5.73 Å². The van der Waals surface area contributed by atoms with E-state index < -0.39 is 47.9 Å². The highest BCUT2D eigenvalue weighted by Gasteiger charge is 2.30. The Morgan fingerprint density at radius 2 is 1.54 bits per heavy atom. The van der Waals surface area contributed by atoms with Crippen molar-refractivity contribution in [3.63, 3.8) is 0 Å². The van der Waals surface area contributed by atoms with Crippen molar-refractivity contribution in [2.75, 3.05) is 17.8 Å². The minimum atomic E-state index is -1.24. The molecule has 0 saturated carbocycles. The number of carbonyl (C=O) groups excluding carboxylic acids is 3. The maximum Gasteiger partial charge on any atom is 0.326 e. The number of amides is 3. The molecule has 1 aromatic rings. The van der Waals surface area contributed by atoms with Gasteiger partial charge in [-0.3, -0.25) is 14.4 Å². The maximum atomic E-state index is 12.9. The molecule has 5 unspecified atom stereocenters. The summed E-state index contributed by atoms with van der Waals surface area (Å²) >= 11 is 5.61. The van der Waals surface area contributed by atoms with Crippen LogP contribution in [0.2, 0.25) is 0 Å². The monoisotopic (exact) mass is 528 g/mol. The van der Waals surface area contributed by atoms with Crippen molar-refractivity contribution in [2.45, 2.75) is 57.3 Å². The van der Waals surface area contributed by atoms with Crippen LogP contribution in [0.3, 0.4) is 0 Å². The van der Waals surface area contributed by atoms with E-state index in [1.54, 1.807) is 12.1 Å². The van der Waals surface area contributed by atoms with E-state index in [1.807, 2.05) is 20.1 Å². The van der Waals surface area contributed by atoms with Crippen molar-refractivity contribution >= 4 is 48.1 Å². The first-order chi connectivity index (χ1) is 16.5. The molecule has 35 heavy (non-hydrogen) atoms. The van der Waals surface area contributed by atoms with Crippen LogP contribution in [0.15, 0.2) is 24.3 Å². The van der Waals surface area contributed by atoms with Crippen LogP contribution in [-0.2, 0) is 25.6 Å². The molecule has 0 heterocycles. The second kappa shape index (κ2) is 15.5. The van der Waals surface area contributed by atoms with Gasteiger partial charge in [0.05, 0.1) is 6.04 Å². The number of carbonyl (C=O) groups is 4. The van der Waals surface area contributed by atoms with Gasteiger partial charge in [0, 0.05) is 12.2 Å². The molecule has 0 radical (unpaired) electrons. The Labute approximate surface area is 215 Å². The summed E-state index contributed by atoms with van der Waals surface area (Å²) in [6.45, 7) is 3.74. The second-order valence-electron chi connectivity index (χ2n) is 8.27. The summed E-state index contributed by atoms with van der Waals surface area (Å²) in [6, 6.07) is 1.92. The summed E-state index contributed by atoms with van der Waals surface area (Å²) in [5, 5.41) is 26.7. The van der Waals surface area contributed by atoms with Gasteiger partial charge in [0.25, 0.3) is 0 Å². The minimum Gasteiger partial charge on any atom is -0.508 e. The number of phenolic OH excluding ortho intramolecular Hbond substituents is 1. The molecule has 7 N–H and O–H groups in total. The van der Waals surface area contributed by atoms with E-state index in [9.17, 15) is 29.4 Å². The van der Waals surface area contributed by atoms with Gasteiger partial charge in [-0.1, -0.05) is 32.4 Å². The van der Waals surface area contributed by atoms with Crippen LogP contribution in [0, 0.1) is 5.92 Å². The lowest BCUT2D eigenvalue weighted by molar-refractivity contribution is -0.142. The smallest absolute Gasteiger partial charge is 0.326 e. The van der Waals surface area contributed by atoms with Gasteiger partial charge in [0.15, 0.2) is 0 Å². The molecule has 10 nitrogen and oxygen atoms in total. The van der Waals surface area contributed by atoms with Crippen molar-refractivity contribution in [1.82, 2.24) is 16.0 Å². The van der Waals surface area contributed by atoms with Gasteiger partial charge in [-0.15, -0.1) is 0 Å². The Kier molecular flexibility index (Phi) is 13.6. The number of hydrogen-bond donors (Lipinski definition) is 7. The number of carboxylic acids is 1. The first-order valence-corrected chi connectivity index (χ1v) is 13.3. The van der Waals surface area contributed by atoms with Crippen molar-refractivity contribution < 1.29 is 29.4 Å². The van der Waals surface area contributed by atoms with Gasteiger partial charge in [0.2, 0.25) is 17.7 Å². The third-order valence-corrected chi connectivity index (χ3v) is 6.62. The van der Waals surface area contributed by atoms with Crippen molar-refractivity contribution in [1.29, 1.82) is 0 Å². The lowest BCUT2D eigenvalue weighted by Crippen LogP contribution is -2.58. The summed E-state index contributed by atoms with van der Waals surface area (Å²) in [4.78, 5) is 50.0. The van der Waals surface area contributed by atoms with E-state index in [0.29, 0.717) is 17.7 Å². The topological polar surface area (TPSA) is 171 Å². The molecule has 0 fully saturated rings. The van der Waals surface area contributed by atoms with Gasteiger partial charge >= 0.3 is 5.97 Å². The number of carboxylic acid groups (broad SMARTS) is 1. The van der Waals surface area contributed by atoms with E-state index >= 15 is 0 Å². The van der Waals surface area contributed by atoms with Crippen LogP contribution in [-0.4, -0.2) is 75.8 Å². The molecule has 0 aliphatic heterocycles. The zero-order valence-electron chi connectivity index (χ0n) is 20.2. The first-order valence-electron chi connectivity index (χ1n) is 11.3. The molecule has 3 amide bonds. The SMILES string of the molecule is CCC(C)C(N)C(=O)NC(CS)C(=O)NC(CCSC)C(=O)NC(Cc1ccc(O)cc1)C(=O)O. The summed E-state index contributed by atoms with van der Waals surface area (Å²) in [5.41, 5.74) is 6.55. The molecule has 1 rings (SSSR count). The number of benzene rings is 1. The van der Waals surface area contributed by atoms with E-state index in [-0.39, 0.29) is 30.3 Å². The molecule has 1 aromatic carbocycles. The molecule has 5 atom stereocenters. The first kappa shape index (κ1) is 30.6. The second-order valence-corrected chi connectivity index (χ2v) is 9.62. The van der Waals surface area contributed by atoms with Crippen molar-refractivity contribution in [3.8, 4) is 5.75 Å². The molecule has 0 aliphatic carbocycles. The zero-order chi connectivity index (χ0) is 26.5. The Morgan fingerprint density at radius 3 is 2.06 bits per heavy atom. The highest BCUT2D eigenvalue weighted by atomic mass is 32.2. The number of nitrogens with one attached hydrogen (secondary N) is 3. The molecule has 0 aliphatic rings. The fourth-order valence-electron chi connectivity index (χ4n) is 3.09. The maximum absolute atomic E-state index is 12.9. The average Bonchev–Trinajstić information content (AvgIpc) is 2.84. The van der Waals surface area contributed by atoms with E-state index in [0.717, 1.165) is 0 Å². The number of nitrogens with two attached hydrogens (primary N) is 1. The van der Waals surface area contributed by atoms with Crippen molar-refractivity contribution in [2.24, 2.45) is 11.7 Å². The molecule has 196 valence electrons. The van der Waals surface area contributed by atoms with Crippen LogP contribution in [0.5, 0.6) is 5.75 Å². The normalized spacial score (nSPS) is 15.2. The summed E-state index contributed by atoms with van der Waals surface area (Å²) in [6.07, 6.45) is 2.78. The predicted molar refractivity (Wildman–Crippen MR) is 140 cm³/mol. The number of thiol groups is 1. The highest BCUT2D eigenvalue weighted by molar-refractivity contribution is 7.98. The van der Waals surface area contributed by atoms with Gasteiger partial charge in [0.1, 0.15) is 23.9 Å². The molecular weight excluding hydrogens is 492 g/mol. The predicted octanol–water partition coefficient (Wildman–Crippen LogP) is 0.530. The number of phenols is 1. The molecule has 12 heteroatoms. The van der Waals surface area contributed by atoms with Gasteiger partial charge < -0.3 is 31.9 Å². The van der Waals surface area contributed by atoms with Crippen LogP contribution in [0.1, 0.15) is 32.3 Å². The molecule has 0 bridgehead atoms. The standard InChI is InChI=1S/C23H36N4O6S2/c1-4-13(2)19(24)22(31)27-18(12-34)21(30)25-16(9-10-35-3)20(29)26-17(23(32)33)11-14-5-7-15(28)8-6-14/h5-8,13,16-19,28,34H,4,9-12,24H2,1-3H3,(H,25,30)(H,26,29)(H,27,31)(H,32,33). The number of aliphatic carboxylic acids is 1. The largest absolute Gasteiger partial charge is 0.508 e. The Balaban J connectivity index is 2.90. The Hall–Kier alpha value is -2.44. The third kappa shape index (κ3) is 10.4.